The normalized spacial score (nSPS) is 18.4. The highest BCUT2D eigenvalue weighted by Gasteiger charge is 2.21. The number of nitrogens with zero attached hydrogens (tertiary/aromatic N) is 1. The first-order valence-corrected chi connectivity index (χ1v) is 7.48. The summed E-state index contributed by atoms with van der Waals surface area (Å²) in [5, 5.41) is 0.788. The Bertz CT molecular complexity index is 636. The number of halogens is 2. The fourth-order valence-corrected chi connectivity index (χ4v) is 3.11. The molecule has 0 spiro atoms. The van der Waals surface area contributed by atoms with Gasteiger partial charge in [-0.15, -0.1) is 0 Å². The molecule has 0 radical (unpaired) electrons. The minimum Gasteiger partial charge on any atom is -0.281 e. The molecule has 0 aliphatic carbocycles. The third kappa shape index (κ3) is 2.75. The second-order valence-electron chi connectivity index (χ2n) is 4.67. The molecule has 1 unspecified atom stereocenters. The van der Waals surface area contributed by atoms with Crippen molar-refractivity contribution in [3.05, 3.63) is 69.2 Å². The third-order valence-electron chi connectivity index (χ3n) is 3.38. The summed E-state index contributed by atoms with van der Waals surface area (Å²) >= 11 is 9.75. The van der Waals surface area contributed by atoms with Crippen LogP contribution in [0, 0.1) is 0 Å². The van der Waals surface area contributed by atoms with Gasteiger partial charge in [0.1, 0.15) is 0 Å². The first-order chi connectivity index (χ1) is 9.24. The average Bonchev–Trinajstić information content (AvgIpc) is 2.89. The zero-order valence-electron chi connectivity index (χ0n) is 10.3. The van der Waals surface area contributed by atoms with Crippen LogP contribution in [-0.2, 0) is 0 Å². The van der Waals surface area contributed by atoms with E-state index in [1.165, 1.54) is 5.56 Å². The predicted octanol–water partition coefficient (Wildman–Crippen LogP) is 5.43. The van der Waals surface area contributed by atoms with Crippen molar-refractivity contribution in [1.29, 1.82) is 0 Å². The second-order valence-corrected chi connectivity index (χ2v) is 5.99. The summed E-state index contributed by atoms with van der Waals surface area (Å²) in [7, 11) is 0. The van der Waals surface area contributed by atoms with E-state index in [1.54, 1.807) is 0 Å². The lowest BCUT2D eigenvalue weighted by Crippen LogP contribution is -1.96. The quantitative estimate of drug-likeness (QED) is 0.694. The van der Waals surface area contributed by atoms with E-state index >= 15 is 0 Å². The summed E-state index contributed by atoms with van der Waals surface area (Å²) in [6.45, 7) is 0. The molecule has 1 nitrogen and oxygen atoms in total. The maximum Gasteiger partial charge on any atom is 0.0756 e. The largest absolute Gasteiger partial charge is 0.281 e. The van der Waals surface area contributed by atoms with Crippen LogP contribution in [0.2, 0.25) is 5.02 Å². The van der Waals surface area contributed by atoms with Gasteiger partial charge in [0.05, 0.1) is 6.04 Å². The monoisotopic (exact) mass is 333 g/mol. The van der Waals surface area contributed by atoms with Crippen molar-refractivity contribution in [1.82, 2.24) is 0 Å². The van der Waals surface area contributed by atoms with E-state index in [0.29, 0.717) is 0 Å². The van der Waals surface area contributed by atoms with Gasteiger partial charge in [0.15, 0.2) is 0 Å². The molecular formula is C16H13BrClN. The molecule has 1 aliphatic rings. The van der Waals surface area contributed by atoms with E-state index in [-0.39, 0.29) is 6.04 Å². The first kappa shape index (κ1) is 12.9. The van der Waals surface area contributed by atoms with Gasteiger partial charge in [0.2, 0.25) is 0 Å². The van der Waals surface area contributed by atoms with E-state index in [0.717, 1.165) is 33.6 Å². The van der Waals surface area contributed by atoms with Gasteiger partial charge in [0.25, 0.3) is 0 Å². The van der Waals surface area contributed by atoms with Crippen LogP contribution < -0.4 is 0 Å². The average molecular weight is 335 g/mol. The molecule has 19 heavy (non-hydrogen) atoms. The molecule has 1 aliphatic heterocycles. The zero-order chi connectivity index (χ0) is 13.2. The molecular weight excluding hydrogens is 322 g/mol. The lowest BCUT2D eigenvalue weighted by Gasteiger charge is -2.06. The summed E-state index contributed by atoms with van der Waals surface area (Å²) in [5.74, 6) is 0. The Kier molecular flexibility index (Phi) is 3.72. The Morgan fingerprint density at radius 3 is 2.74 bits per heavy atom. The molecule has 0 saturated heterocycles. The smallest absolute Gasteiger partial charge is 0.0756 e. The summed E-state index contributed by atoms with van der Waals surface area (Å²) in [6, 6.07) is 16.6. The van der Waals surface area contributed by atoms with E-state index in [9.17, 15) is 0 Å². The number of rotatable bonds is 2. The Balaban J connectivity index is 1.92. The molecule has 2 aromatic carbocycles. The standard InChI is InChI=1S/C16H13BrClN/c17-12-5-3-4-11(10-12)15-8-9-16(19-15)13-6-1-2-7-14(13)18/h1-7,10,15H,8-9H2. The number of aliphatic imine (C=N–C) groups is 1. The van der Waals surface area contributed by atoms with Crippen LogP contribution >= 0.6 is 27.5 Å². The molecule has 0 N–H and O–H groups in total. The Morgan fingerprint density at radius 2 is 1.95 bits per heavy atom. The Morgan fingerprint density at radius 1 is 1.11 bits per heavy atom. The first-order valence-electron chi connectivity index (χ1n) is 6.31. The molecule has 96 valence electrons. The van der Waals surface area contributed by atoms with Crippen molar-refractivity contribution >= 4 is 33.2 Å². The van der Waals surface area contributed by atoms with Crippen molar-refractivity contribution in [2.24, 2.45) is 4.99 Å². The molecule has 1 atom stereocenters. The molecule has 3 heteroatoms. The summed E-state index contributed by atoms with van der Waals surface area (Å²) in [6.07, 6.45) is 2.04. The van der Waals surface area contributed by atoms with Crippen LogP contribution in [0.25, 0.3) is 0 Å². The lowest BCUT2D eigenvalue weighted by atomic mass is 10.0. The second kappa shape index (κ2) is 5.48. The van der Waals surface area contributed by atoms with Crippen molar-refractivity contribution in [3.8, 4) is 0 Å². The molecule has 0 amide bonds. The summed E-state index contributed by atoms with van der Waals surface area (Å²) in [5.41, 5.74) is 3.45. The summed E-state index contributed by atoms with van der Waals surface area (Å²) < 4.78 is 1.10. The Labute approximate surface area is 126 Å². The van der Waals surface area contributed by atoms with E-state index in [1.807, 2.05) is 30.3 Å². The highest BCUT2D eigenvalue weighted by Crippen LogP contribution is 2.33. The van der Waals surface area contributed by atoms with Crippen LogP contribution in [-0.4, -0.2) is 5.71 Å². The molecule has 0 aromatic heterocycles. The van der Waals surface area contributed by atoms with E-state index in [4.69, 9.17) is 16.6 Å². The van der Waals surface area contributed by atoms with Gasteiger partial charge >= 0.3 is 0 Å². The van der Waals surface area contributed by atoms with Crippen molar-refractivity contribution in [2.45, 2.75) is 18.9 Å². The molecule has 0 fully saturated rings. The van der Waals surface area contributed by atoms with Crippen LogP contribution in [0.5, 0.6) is 0 Å². The maximum absolute atomic E-state index is 6.23. The minimum absolute atomic E-state index is 0.253. The van der Waals surface area contributed by atoms with Gasteiger partial charge in [-0.1, -0.05) is 57.9 Å². The number of hydrogen-bond acceptors (Lipinski definition) is 1. The van der Waals surface area contributed by atoms with Crippen molar-refractivity contribution in [3.63, 3.8) is 0 Å². The fraction of sp³-hybridized carbons (Fsp3) is 0.188. The zero-order valence-corrected chi connectivity index (χ0v) is 12.7. The van der Waals surface area contributed by atoms with Crippen LogP contribution in [0.3, 0.4) is 0 Å². The van der Waals surface area contributed by atoms with Gasteiger partial charge in [0, 0.05) is 20.8 Å². The topological polar surface area (TPSA) is 12.4 Å². The predicted molar refractivity (Wildman–Crippen MR) is 84.1 cm³/mol. The van der Waals surface area contributed by atoms with Gasteiger partial charge in [-0.25, -0.2) is 0 Å². The highest BCUT2D eigenvalue weighted by atomic mass is 79.9. The van der Waals surface area contributed by atoms with Crippen molar-refractivity contribution in [2.75, 3.05) is 0 Å². The van der Waals surface area contributed by atoms with Crippen molar-refractivity contribution < 1.29 is 0 Å². The Hall–Kier alpha value is -1.12. The van der Waals surface area contributed by atoms with E-state index in [2.05, 4.69) is 34.1 Å². The lowest BCUT2D eigenvalue weighted by molar-refractivity contribution is 0.723. The fourth-order valence-electron chi connectivity index (χ4n) is 2.45. The SMILES string of the molecule is Clc1ccccc1C1=NC(c2cccc(Br)c2)CC1. The van der Waals surface area contributed by atoms with Gasteiger partial charge in [-0.3, -0.25) is 4.99 Å². The number of hydrogen-bond donors (Lipinski definition) is 0. The maximum atomic E-state index is 6.23. The summed E-state index contributed by atoms with van der Waals surface area (Å²) in [4.78, 5) is 4.84. The minimum atomic E-state index is 0.253. The van der Waals surface area contributed by atoms with Crippen LogP contribution in [0.1, 0.15) is 30.0 Å². The molecule has 2 aromatic rings. The third-order valence-corrected chi connectivity index (χ3v) is 4.21. The molecule has 3 rings (SSSR count). The van der Waals surface area contributed by atoms with Crippen LogP contribution in [0.4, 0.5) is 0 Å². The number of benzene rings is 2. The van der Waals surface area contributed by atoms with Gasteiger partial charge in [-0.2, -0.15) is 0 Å². The van der Waals surface area contributed by atoms with Crippen LogP contribution in [0.15, 0.2) is 58.0 Å². The van der Waals surface area contributed by atoms with Gasteiger partial charge in [-0.05, 0) is 36.6 Å². The molecule has 0 saturated carbocycles. The molecule has 0 bridgehead atoms. The molecule has 1 heterocycles. The van der Waals surface area contributed by atoms with E-state index < -0.39 is 0 Å². The highest BCUT2D eigenvalue weighted by molar-refractivity contribution is 9.10. The van der Waals surface area contributed by atoms with Gasteiger partial charge < -0.3 is 0 Å².